The molecule has 1 saturated heterocycles. The van der Waals surface area contributed by atoms with Crippen LogP contribution < -0.4 is 4.90 Å². The van der Waals surface area contributed by atoms with Crippen molar-refractivity contribution >= 4 is 11.6 Å². The second-order valence-corrected chi connectivity index (χ2v) is 7.52. The molecule has 0 bridgehead atoms. The van der Waals surface area contributed by atoms with E-state index in [0.29, 0.717) is 5.56 Å². The van der Waals surface area contributed by atoms with Gasteiger partial charge >= 0.3 is 0 Å². The second-order valence-electron chi connectivity index (χ2n) is 7.52. The zero-order valence-corrected chi connectivity index (χ0v) is 15.4. The van der Waals surface area contributed by atoms with Gasteiger partial charge in [0.15, 0.2) is 0 Å². The zero-order valence-electron chi connectivity index (χ0n) is 15.4. The summed E-state index contributed by atoms with van der Waals surface area (Å²) in [6, 6.07) is 15.4. The number of aliphatic hydroxyl groups is 1. The van der Waals surface area contributed by atoms with Gasteiger partial charge in [0.25, 0.3) is 5.91 Å². The molecule has 0 saturated carbocycles. The number of para-hydroxylation sites is 1. The number of carbonyl (C=O) groups is 1. The predicted molar refractivity (Wildman–Crippen MR) is 103 cm³/mol. The first-order chi connectivity index (χ1) is 12.6. The van der Waals surface area contributed by atoms with Gasteiger partial charge in [-0.3, -0.25) is 9.69 Å². The van der Waals surface area contributed by atoms with Crippen molar-refractivity contribution in [3.63, 3.8) is 0 Å². The number of likely N-dealkylation sites (tertiary alicyclic amines) is 1. The van der Waals surface area contributed by atoms with Crippen LogP contribution in [0.2, 0.25) is 0 Å². The SMILES string of the molecule is Cc1ccc(C(=O)N2c3ccccc3[C@@H](N3CCCC3)[C@H](O)[C@H]2C)cc1. The summed E-state index contributed by atoms with van der Waals surface area (Å²) in [6.45, 7) is 5.98. The van der Waals surface area contributed by atoms with Gasteiger partial charge in [-0.1, -0.05) is 35.9 Å². The fourth-order valence-corrected chi connectivity index (χ4v) is 4.34. The van der Waals surface area contributed by atoms with Gasteiger partial charge in [0, 0.05) is 11.3 Å². The Bertz CT molecular complexity index is 796. The minimum absolute atomic E-state index is 0.0363. The molecule has 4 heteroatoms. The maximum atomic E-state index is 13.3. The Balaban J connectivity index is 1.76. The van der Waals surface area contributed by atoms with Crippen molar-refractivity contribution in [2.45, 2.75) is 44.9 Å². The van der Waals surface area contributed by atoms with Crippen LogP contribution >= 0.6 is 0 Å². The number of aliphatic hydroxyl groups excluding tert-OH is 1. The molecule has 1 N–H and O–H groups in total. The molecule has 2 aromatic carbocycles. The lowest BCUT2D eigenvalue weighted by Gasteiger charge is -2.45. The van der Waals surface area contributed by atoms with E-state index in [1.165, 1.54) is 12.8 Å². The average Bonchev–Trinajstić information content (AvgIpc) is 3.17. The van der Waals surface area contributed by atoms with E-state index in [2.05, 4.69) is 11.0 Å². The zero-order chi connectivity index (χ0) is 18.3. The summed E-state index contributed by atoms with van der Waals surface area (Å²) in [7, 11) is 0. The fraction of sp³-hybridized carbons (Fsp3) is 0.409. The Morgan fingerprint density at radius 3 is 2.38 bits per heavy atom. The summed E-state index contributed by atoms with van der Waals surface area (Å²) >= 11 is 0. The number of hydrogen-bond donors (Lipinski definition) is 1. The van der Waals surface area contributed by atoms with Crippen molar-refractivity contribution in [1.82, 2.24) is 4.90 Å². The lowest BCUT2D eigenvalue weighted by molar-refractivity contribution is 0.0365. The van der Waals surface area contributed by atoms with E-state index in [4.69, 9.17) is 0 Å². The molecular weight excluding hydrogens is 324 g/mol. The molecule has 0 unspecified atom stereocenters. The molecule has 2 aliphatic rings. The summed E-state index contributed by atoms with van der Waals surface area (Å²) < 4.78 is 0. The quantitative estimate of drug-likeness (QED) is 0.901. The first-order valence-corrected chi connectivity index (χ1v) is 9.49. The van der Waals surface area contributed by atoms with E-state index in [9.17, 15) is 9.90 Å². The molecule has 1 fully saturated rings. The van der Waals surface area contributed by atoms with E-state index >= 15 is 0 Å². The van der Waals surface area contributed by atoms with Crippen molar-refractivity contribution in [2.75, 3.05) is 18.0 Å². The molecular formula is C22H26N2O2. The van der Waals surface area contributed by atoms with Crippen molar-refractivity contribution in [3.8, 4) is 0 Å². The number of benzene rings is 2. The smallest absolute Gasteiger partial charge is 0.258 e. The van der Waals surface area contributed by atoms with Crippen LogP contribution in [0.3, 0.4) is 0 Å². The summed E-state index contributed by atoms with van der Waals surface area (Å²) in [4.78, 5) is 17.4. The monoisotopic (exact) mass is 350 g/mol. The number of hydrogen-bond acceptors (Lipinski definition) is 3. The Kier molecular flexibility index (Phi) is 4.55. The van der Waals surface area contributed by atoms with Gasteiger partial charge in [0.1, 0.15) is 0 Å². The minimum atomic E-state index is -0.600. The van der Waals surface area contributed by atoms with Crippen molar-refractivity contribution in [3.05, 3.63) is 65.2 Å². The van der Waals surface area contributed by atoms with Crippen LogP contribution in [0.5, 0.6) is 0 Å². The Morgan fingerprint density at radius 1 is 1.04 bits per heavy atom. The van der Waals surface area contributed by atoms with Crippen molar-refractivity contribution < 1.29 is 9.90 Å². The molecule has 0 spiro atoms. The average molecular weight is 350 g/mol. The van der Waals surface area contributed by atoms with Gasteiger partial charge in [0.2, 0.25) is 0 Å². The molecule has 0 radical (unpaired) electrons. The first-order valence-electron chi connectivity index (χ1n) is 9.49. The number of nitrogens with zero attached hydrogens (tertiary/aromatic N) is 2. The van der Waals surface area contributed by atoms with Crippen LogP contribution in [-0.2, 0) is 0 Å². The van der Waals surface area contributed by atoms with Crippen LogP contribution in [0.15, 0.2) is 48.5 Å². The molecule has 1 amide bonds. The van der Waals surface area contributed by atoms with Gasteiger partial charge in [-0.2, -0.15) is 0 Å². The van der Waals surface area contributed by atoms with Crippen molar-refractivity contribution in [2.24, 2.45) is 0 Å². The molecule has 0 aromatic heterocycles. The number of rotatable bonds is 2. The van der Waals surface area contributed by atoms with E-state index in [0.717, 1.165) is 29.9 Å². The van der Waals surface area contributed by atoms with E-state index in [-0.39, 0.29) is 18.0 Å². The third-order valence-electron chi connectivity index (χ3n) is 5.79. The van der Waals surface area contributed by atoms with Gasteiger partial charge < -0.3 is 10.0 Å². The third-order valence-corrected chi connectivity index (χ3v) is 5.79. The normalized spacial score (nSPS) is 26.0. The molecule has 26 heavy (non-hydrogen) atoms. The molecule has 0 aliphatic carbocycles. The van der Waals surface area contributed by atoms with E-state index in [1.54, 1.807) is 4.90 Å². The highest BCUT2D eigenvalue weighted by atomic mass is 16.3. The number of aryl methyl sites for hydroxylation is 1. The lowest BCUT2D eigenvalue weighted by atomic mass is 9.87. The fourth-order valence-electron chi connectivity index (χ4n) is 4.34. The highest BCUT2D eigenvalue weighted by Gasteiger charge is 2.43. The van der Waals surface area contributed by atoms with Crippen LogP contribution in [0.4, 0.5) is 5.69 Å². The number of fused-ring (bicyclic) bond motifs is 1. The maximum absolute atomic E-state index is 13.3. The van der Waals surface area contributed by atoms with Crippen LogP contribution in [0.25, 0.3) is 0 Å². The summed E-state index contributed by atoms with van der Waals surface area (Å²) in [5, 5.41) is 11.1. The van der Waals surface area contributed by atoms with E-state index in [1.807, 2.05) is 56.3 Å². The van der Waals surface area contributed by atoms with Crippen molar-refractivity contribution in [1.29, 1.82) is 0 Å². The third kappa shape index (κ3) is 2.83. The predicted octanol–water partition coefficient (Wildman–Crippen LogP) is 3.54. The molecule has 2 heterocycles. The largest absolute Gasteiger partial charge is 0.389 e. The Labute approximate surface area is 155 Å². The van der Waals surface area contributed by atoms with Crippen LogP contribution in [-0.4, -0.2) is 41.1 Å². The van der Waals surface area contributed by atoms with Crippen LogP contribution in [0, 0.1) is 6.92 Å². The Morgan fingerprint density at radius 2 is 1.69 bits per heavy atom. The summed E-state index contributed by atoms with van der Waals surface area (Å²) in [6.07, 6.45) is 1.75. The van der Waals surface area contributed by atoms with Gasteiger partial charge in [-0.25, -0.2) is 0 Å². The number of anilines is 1. The standard InChI is InChI=1S/C22H26N2O2/c1-15-9-11-17(12-10-15)22(26)24-16(2)21(25)20(23-13-5-6-14-23)18-7-3-4-8-19(18)24/h3-4,7-12,16,20-21,25H,5-6,13-14H2,1-2H3/t16-,20-,21-/m1/s1. The molecule has 4 nitrogen and oxygen atoms in total. The summed E-state index contributed by atoms with van der Waals surface area (Å²) in [5.41, 5.74) is 3.76. The van der Waals surface area contributed by atoms with Gasteiger partial charge in [-0.05, 0) is 63.5 Å². The lowest BCUT2D eigenvalue weighted by Crippen LogP contribution is -2.54. The van der Waals surface area contributed by atoms with E-state index < -0.39 is 6.10 Å². The number of carbonyl (C=O) groups excluding carboxylic acids is 1. The first kappa shape index (κ1) is 17.3. The highest BCUT2D eigenvalue weighted by Crippen LogP contribution is 2.42. The Hall–Kier alpha value is -2.17. The molecule has 3 atom stereocenters. The molecule has 136 valence electrons. The maximum Gasteiger partial charge on any atom is 0.258 e. The number of amides is 1. The topological polar surface area (TPSA) is 43.8 Å². The van der Waals surface area contributed by atoms with Gasteiger partial charge in [0.05, 0.1) is 18.2 Å². The van der Waals surface area contributed by atoms with Gasteiger partial charge in [-0.15, -0.1) is 0 Å². The molecule has 4 rings (SSSR count). The van der Waals surface area contributed by atoms with Crippen LogP contribution in [0.1, 0.15) is 47.3 Å². The molecule has 2 aromatic rings. The highest BCUT2D eigenvalue weighted by molar-refractivity contribution is 6.07. The minimum Gasteiger partial charge on any atom is -0.389 e. The summed E-state index contributed by atoms with van der Waals surface area (Å²) in [5.74, 6) is -0.0520. The second kappa shape index (κ2) is 6.86. The molecule has 2 aliphatic heterocycles.